The number of anilines is 1. The average molecular weight is 500 g/mol. The van der Waals surface area contributed by atoms with Crippen molar-refractivity contribution in [1.82, 2.24) is 14.6 Å². The van der Waals surface area contributed by atoms with Gasteiger partial charge in [-0.15, -0.1) is 0 Å². The fraction of sp³-hybridized carbons (Fsp3) is 0.417. The molecule has 1 aromatic carbocycles. The molecule has 0 saturated carbocycles. The molecule has 2 aliphatic heterocycles. The van der Waals surface area contributed by atoms with Crippen LogP contribution in [-0.4, -0.2) is 75.3 Å². The molecule has 1 amide bonds. The molecule has 2 aromatic rings. The van der Waals surface area contributed by atoms with Gasteiger partial charge in [-0.2, -0.15) is 0 Å². The van der Waals surface area contributed by atoms with Crippen LogP contribution in [0.1, 0.15) is 31.2 Å². The highest BCUT2D eigenvalue weighted by Crippen LogP contribution is 2.22. The summed E-state index contributed by atoms with van der Waals surface area (Å²) in [6, 6.07) is 12.5. The summed E-state index contributed by atoms with van der Waals surface area (Å²) in [5.74, 6) is 0.676. The number of nitrogens with one attached hydrogen (secondary N) is 1. The normalized spacial score (nSPS) is 17.7. The van der Waals surface area contributed by atoms with E-state index in [-0.39, 0.29) is 23.8 Å². The van der Waals surface area contributed by atoms with Gasteiger partial charge in [0.25, 0.3) is 15.9 Å². The lowest BCUT2D eigenvalue weighted by Gasteiger charge is -2.35. The number of fused-ring (bicyclic) bond motifs is 1. The lowest BCUT2D eigenvalue weighted by atomic mass is 10.2. The highest BCUT2D eigenvalue weighted by molar-refractivity contribution is 7.90. The number of hydrogen-bond acceptors (Lipinski definition) is 8. The maximum atomic E-state index is 12.4. The Morgan fingerprint density at radius 2 is 1.77 bits per heavy atom. The number of pyridine rings is 1. The Labute approximate surface area is 205 Å². The third-order valence-corrected chi connectivity index (χ3v) is 7.33. The molecule has 1 N–H and O–H groups in total. The third kappa shape index (κ3) is 6.36. The monoisotopic (exact) mass is 499 g/mol. The molecule has 0 aliphatic carbocycles. The van der Waals surface area contributed by atoms with Crippen LogP contribution in [0.4, 0.5) is 5.82 Å². The van der Waals surface area contributed by atoms with Gasteiger partial charge in [0.2, 0.25) is 0 Å². The molecule has 1 fully saturated rings. The van der Waals surface area contributed by atoms with Gasteiger partial charge in [0.1, 0.15) is 11.7 Å². The van der Waals surface area contributed by atoms with E-state index in [4.69, 9.17) is 4.74 Å². The van der Waals surface area contributed by atoms with E-state index in [1.54, 1.807) is 35.4 Å². The third-order valence-electron chi connectivity index (χ3n) is 5.93. The molecule has 1 saturated heterocycles. The van der Waals surface area contributed by atoms with E-state index in [1.807, 2.05) is 18.2 Å². The summed E-state index contributed by atoms with van der Waals surface area (Å²) in [7, 11) is -3.53. The second-order valence-electron chi connectivity index (χ2n) is 8.36. The first-order chi connectivity index (χ1) is 16.9. The summed E-state index contributed by atoms with van der Waals surface area (Å²) >= 11 is 0. The molecule has 0 radical (unpaired) electrons. The van der Waals surface area contributed by atoms with E-state index >= 15 is 0 Å². The molecule has 11 heteroatoms. The second kappa shape index (κ2) is 11.3. The lowest BCUT2D eigenvalue weighted by Crippen LogP contribution is -2.50. The molecule has 186 valence electrons. The van der Waals surface area contributed by atoms with Gasteiger partial charge in [0, 0.05) is 50.9 Å². The topological polar surface area (TPSA) is 121 Å². The fourth-order valence-electron chi connectivity index (χ4n) is 4.03. The van der Waals surface area contributed by atoms with Gasteiger partial charge >= 0.3 is 5.97 Å². The number of rotatable bonds is 9. The molecule has 0 spiro atoms. The van der Waals surface area contributed by atoms with Crippen LogP contribution >= 0.6 is 0 Å². The van der Waals surface area contributed by atoms with Gasteiger partial charge in [0.15, 0.2) is 6.61 Å². The number of hydrogen-bond donors (Lipinski definition) is 1. The number of carbonyl (C=O) groups is 2. The molecule has 1 aromatic heterocycles. The Morgan fingerprint density at radius 1 is 1.00 bits per heavy atom. The largest absolute Gasteiger partial charge is 0.456 e. The van der Waals surface area contributed by atoms with Crippen molar-refractivity contribution >= 4 is 33.6 Å². The number of unbranched alkanes of at least 4 members (excludes halogenated alkanes) is 2. The zero-order chi connectivity index (χ0) is 24.7. The number of piperazine rings is 1. The smallest absolute Gasteiger partial charge is 0.306 e. The van der Waals surface area contributed by atoms with E-state index < -0.39 is 16.0 Å². The van der Waals surface area contributed by atoms with Crippen molar-refractivity contribution in [2.75, 3.05) is 44.2 Å². The van der Waals surface area contributed by atoms with E-state index in [9.17, 15) is 18.0 Å². The van der Waals surface area contributed by atoms with Crippen molar-refractivity contribution in [3.05, 3.63) is 54.2 Å². The standard InChI is InChI=1S/C24H29N5O5S/c30-22(29-16-14-28(15-17-29)21-10-5-7-12-25-21)18-34-23(31)11-2-1-6-13-26-24-19-8-3-4-9-20(19)35(32,33)27-24/h3-5,7-10,12H,1-2,6,11,13-18H2,(H,26,27). The molecule has 0 bridgehead atoms. The van der Waals surface area contributed by atoms with Crippen LogP contribution in [0, 0.1) is 0 Å². The number of ether oxygens (including phenoxy) is 1. The summed E-state index contributed by atoms with van der Waals surface area (Å²) in [5.41, 5.74) is 0.582. The second-order valence-corrected chi connectivity index (χ2v) is 10.0. The molecule has 10 nitrogen and oxygen atoms in total. The van der Waals surface area contributed by atoms with Gasteiger partial charge < -0.3 is 14.5 Å². The first-order valence-corrected chi connectivity index (χ1v) is 13.2. The number of nitrogens with zero attached hydrogens (tertiary/aromatic N) is 4. The van der Waals surface area contributed by atoms with Gasteiger partial charge in [-0.1, -0.05) is 24.6 Å². The number of aromatic nitrogens is 1. The zero-order valence-corrected chi connectivity index (χ0v) is 20.2. The SMILES string of the molecule is O=C(CCCCCN=C1NS(=O)(=O)c2ccccc21)OCC(=O)N1CCN(c2ccccn2)CC1. The van der Waals surface area contributed by atoms with Crippen LogP contribution in [0.5, 0.6) is 0 Å². The Bertz CT molecular complexity index is 1180. The predicted molar refractivity (Wildman–Crippen MR) is 131 cm³/mol. The molecule has 3 heterocycles. The number of benzene rings is 1. The van der Waals surface area contributed by atoms with Crippen LogP contribution in [-0.2, 0) is 24.3 Å². The van der Waals surface area contributed by atoms with Crippen LogP contribution in [0.2, 0.25) is 0 Å². The minimum atomic E-state index is -3.53. The first-order valence-electron chi connectivity index (χ1n) is 11.7. The van der Waals surface area contributed by atoms with Gasteiger partial charge in [-0.05, 0) is 37.1 Å². The van der Waals surface area contributed by atoms with Gasteiger partial charge in [0.05, 0.1) is 4.90 Å². The van der Waals surface area contributed by atoms with E-state index in [0.717, 1.165) is 12.2 Å². The fourth-order valence-corrected chi connectivity index (χ4v) is 5.28. The summed E-state index contributed by atoms with van der Waals surface area (Å²) in [4.78, 5) is 37.2. The van der Waals surface area contributed by atoms with Gasteiger partial charge in [-0.3, -0.25) is 19.3 Å². The Morgan fingerprint density at radius 3 is 2.54 bits per heavy atom. The van der Waals surface area contributed by atoms with E-state index in [1.165, 1.54) is 0 Å². The number of amidine groups is 1. The van der Waals surface area contributed by atoms with Crippen molar-refractivity contribution in [3.8, 4) is 0 Å². The molecule has 35 heavy (non-hydrogen) atoms. The highest BCUT2D eigenvalue weighted by atomic mass is 32.2. The van der Waals surface area contributed by atoms with Crippen molar-refractivity contribution in [1.29, 1.82) is 0 Å². The van der Waals surface area contributed by atoms with Crippen LogP contribution in [0.25, 0.3) is 0 Å². The summed E-state index contributed by atoms with van der Waals surface area (Å²) in [6.45, 7) is 2.72. The van der Waals surface area contributed by atoms with Crippen molar-refractivity contribution in [2.24, 2.45) is 4.99 Å². The predicted octanol–water partition coefficient (Wildman–Crippen LogP) is 1.57. The maximum Gasteiger partial charge on any atom is 0.306 e. The summed E-state index contributed by atoms with van der Waals surface area (Å²) < 4.78 is 31.8. The molecule has 0 atom stereocenters. The molecule has 0 unspecified atom stereocenters. The highest BCUT2D eigenvalue weighted by Gasteiger charge is 2.29. The van der Waals surface area contributed by atoms with E-state index in [2.05, 4.69) is 19.6 Å². The Kier molecular flexibility index (Phi) is 7.96. The van der Waals surface area contributed by atoms with Crippen LogP contribution < -0.4 is 9.62 Å². The molecular formula is C24H29N5O5S. The number of aliphatic imine (C=N–C) groups is 1. The molecular weight excluding hydrogens is 470 g/mol. The molecule has 4 rings (SSSR count). The Hall–Kier alpha value is -3.47. The Balaban J connectivity index is 1.09. The van der Waals surface area contributed by atoms with Crippen molar-refractivity contribution < 1.29 is 22.7 Å². The van der Waals surface area contributed by atoms with Gasteiger partial charge in [-0.25, -0.2) is 13.4 Å². The quantitative estimate of drug-likeness (QED) is 0.411. The summed E-state index contributed by atoms with van der Waals surface area (Å²) in [6.07, 6.45) is 4.04. The lowest BCUT2D eigenvalue weighted by molar-refractivity contribution is -0.152. The summed E-state index contributed by atoms with van der Waals surface area (Å²) in [5, 5.41) is 0. The zero-order valence-electron chi connectivity index (χ0n) is 19.4. The minimum Gasteiger partial charge on any atom is -0.456 e. The number of esters is 1. The van der Waals surface area contributed by atoms with E-state index in [0.29, 0.717) is 57.0 Å². The van der Waals surface area contributed by atoms with Crippen molar-refractivity contribution in [3.63, 3.8) is 0 Å². The number of sulfonamides is 1. The van der Waals surface area contributed by atoms with Crippen molar-refractivity contribution in [2.45, 2.75) is 30.6 Å². The first kappa shape index (κ1) is 24.6. The number of amides is 1. The average Bonchev–Trinajstić information content (AvgIpc) is 3.15. The molecule has 2 aliphatic rings. The number of carbonyl (C=O) groups excluding carboxylic acids is 2. The van der Waals surface area contributed by atoms with Crippen LogP contribution in [0.15, 0.2) is 58.5 Å². The van der Waals surface area contributed by atoms with Crippen LogP contribution in [0.3, 0.4) is 0 Å². The maximum absolute atomic E-state index is 12.4. The minimum absolute atomic E-state index is 0.186.